The minimum atomic E-state index is -1.16. The molecule has 1 N–H and O–H groups in total. The monoisotopic (exact) mass is 291 g/mol. The number of hydrogen-bond acceptors (Lipinski definition) is 5. The number of nitrogens with one attached hydrogen (secondary N) is 1. The van der Waals surface area contributed by atoms with Gasteiger partial charge in [-0.25, -0.2) is 4.79 Å². The van der Waals surface area contributed by atoms with Crippen LogP contribution in [0.5, 0.6) is 5.75 Å². The summed E-state index contributed by atoms with van der Waals surface area (Å²) >= 11 is 0. The lowest BCUT2D eigenvalue weighted by molar-refractivity contribution is -0.141. The van der Waals surface area contributed by atoms with Gasteiger partial charge in [0.15, 0.2) is 0 Å². The Hall–Kier alpha value is -2.99. The summed E-state index contributed by atoms with van der Waals surface area (Å²) in [7, 11) is 1.47. The van der Waals surface area contributed by atoms with Gasteiger partial charge in [-0.1, -0.05) is 0 Å². The summed E-state index contributed by atoms with van der Waals surface area (Å²) in [5, 5.41) is 1.91. The van der Waals surface area contributed by atoms with E-state index in [0.29, 0.717) is 5.75 Å². The van der Waals surface area contributed by atoms with Crippen molar-refractivity contribution in [3.8, 4) is 5.75 Å². The third-order valence-corrected chi connectivity index (χ3v) is 2.36. The topological polar surface area (TPSA) is 118 Å². The average Bonchev–Trinajstić information content (AvgIpc) is 2.48. The number of benzene rings is 1. The molecule has 110 valence electrons. The minimum Gasteiger partial charge on any atom is -0.497 e. The Morgan fingerprint density at radius 1 is 1.24 bits per heavy atom. The van der Waals surface area contributed by atoms with Crippen LogP contribution in [0, 0.1) is 0 Å². The highest BCUT2D eigenvalue weighted by atomic mass is 16.5. The largest absolute Gasteiger partial charge is 0.497 e. The fourth-order valence-corrected chi connectivity index (χ4v) is 1.36. The van der Waals surface area contributed by atoms with E-state index >= 15 is 0 Å². The van der Waals surface area contributed by atoms with Crippen LogP contribution >= 0.6 is 0 Å². The number of nitrogens with zero attached hydrogens (tertiary/aromatic N) is 2. The Morgan fingerprint density at radius 2 is 1.86 bits per heavy atom. The molecule has 0 radical (unpaired) electrons. The van der Waals surface area contributed by atoms with Gasteiger partial charge < -0.3 is 15.0 Å². The Bertz CT molecular complexity index is 603. The Kier molecular flexibility index (Phi) is 5.79. The molecule has 1 rings (SSSR count). The van der Waals surface area contributed by atoms with E-state index in [-0.39, 0.29) is 12.2 Å². The van der Waals surface area contributed by atoms with Crippen LogP contribution in [-0.4, -0.2) is 42.0 Å². The highest BCUT2D eigenvalue weighted by Crippen LogP contribution is 2.10. The fraction of sp³-hybridized carbons (Fsp3) is 0.231. The summed E-state index contributed by atoms with van der Waals surface area (Å²) < 4.78 is 9.45. The lowest BCUT2D eigenvalue weighted by atomic mass is 10.2. The van der Waals surface area contributed by atoms with Gasteiger partial charge in [-0.2, -0.15) is 4.79 Å². The highest BCUT2D eigenvalue weighted by Gasteiger charge is 2.32. The molecule has 8 heteroatoms. The smallest absolute Gasteiger partial charge is 0.463 e. The molecule has 0 aliphatic carbocycles. The van der Waals surface area contributed by atoms with E-state index in [1.807, 2.05) is 5.32 Å². The molecule has 0 heterocycles. The normalized spacial score (nSPS) is 9.24. The number of carbonyl (C=O) groups is 3. The maximum atomic E-state index is 11.8. The SMILES string of the molecule is CCOC(=O)C(=[N+]=[N-])C(=O)NC(=O)c1ccc(OC)cc1. The summed E-state index contributed by atoms with van der Waals surface area (Å²) in [6.45, 7) is 1.52. The second kappa shape index (κ2) is 7.56. The second-order valence-corrected chi connectivity index (χ2v) is 3.68. The van der Waals surface area contributed by atoms with Crippen LogP contribution in [0.25, 0.3) is 5.53 Å². The minimum absolute atomic E-state index is 0.00242. The van der Waals surface area contributed by atoms with Crippen molar-refractivity contribution in [1.29, 1.82) is 0 Å². The van der Waals surface area contributed by atoms with Crippen LogP contribution in [0.4, 0.5) is 0 Å². The van der Waals surface area contributed by atoms with E-state index < -0.39 is 23.5 Å². The number of carbonyl (C=O) groups excluding carboxylic acids is 3. The molecule has 0 spiro atoms. The first-order valence-electron chi connectivity index (χ1n) is 5.92. The quantitative estimate of drug-likeness (QED) is 0.273. The van der Waals surface area contributed by atoms with Gasteiger partial charge in [-0.3, -0.25) is 14.9 Å². The van der Waals surface area contributed by atoms with Gasteiger partial charge in [0.2, 0.25) is 0 Å². The van der Waals surface area contributed by atoms with Gasteiger partial charge in [0.25, 0.3) is 5.91 Å². The van der Waals surface area contributed by atoms with E-state index in [9.17, 15) is 14.4 Å². The van der Waals surface area contributed by atoms with Crippen LogP contribution < -0.4 is 10.1 Å². The van der Waals surface area contributed by atoms with Crippen LogP contribution in [-0.2, 0) is 14.3 Å². The molecule has 0 aliphatic rings. The van der Waals surface area contributed by atoms with Crippen molar-refractivity contribution in [2.45, 2.75) is 6.92 Å². The number of amides is 2. The zero-order valence-electron chi connectivity index (χ0n) is 11.5. The number of esters is 1. The van der Waals surface area contributed by atoms with Crippen molar-refractivity contribution in [2.75, 3.05) is 13.7 Å². The number of imide groups is 1. The first-order valence-corrected chi connectivity index (χ1v) is 5.92. The van der Waals surface area contributed by atoms with Crippen molar-refractivity contribution in [2.24, 2.45) is 0 Å². The third-order valence-electron chi connectivity index (χ3n) is 2.36. The summed E-state index contributed by atoms with van der Waals surface area (Å²) in [4.78, 5) is 37.3. The molecule has 0 saturated heterocycles. The zero-order valence-corrected chi connectivity index (χ0v) is 11.5. The van der Waals surface area contributed by atoms with Crippen molar-refractivity contribution < 1.29 is 28.6 Å². The number of ether oxygens (including phenoxy) is 2. The average molecular weight is 291 g/mol. The van der Waals surface area contributed by atoms with Crippen LogP contribution in [0.3, 0.4) is 0 Å². The van der Waals surface area contributed by atoms with Crippen molar-refractivity contribution in [3.63, 3.8) is 0 Å². The summed E-state index contributed by atoms with van der Waals surface area (Å²) in [6, 6.07) is 5.93. The maximum absolute atomic E-state index is 11.8. The molecule has 2 amide bonds. The Morgan fingerprint density at radius 3 is 2.33 bits per heavy atom. The van der Waals surface area contributed by atoms with Gasteiger partial charge in [0.1, 0.15) is 5.75 Å². The van der Waals surface area contributed by atoms with E-state index in [1.54, 1.807) is 0 Å². The van der Waals surface area contributed by atoms with Crippen molar-refractivity contribution in [3.05, 3.63) is 35.4 Å². The Balaban J connectivity index is 2.79. The molecule has 1 aromatic rings. The summed E-state index contributed by atoms with van der Waals surface area (Å²) in [5.41, 5.74) is 7.91. The van der Waals surface area contributed by atoms with E-state index in [0.717, 1.165) is 0 Å². The van der Waals surface area contributed by atoms with Crippen LogP contribution in [0.1, 0.15) is 17.3 Å². The molecular formula is C13H13N3O5. The predicted molar refractivity (Wildman–Crippen MR) is 70.7 cm³/mol. The summed E-state index contributed by atoms with van der Waals surface area (Å²) in [6.07, 6.45) is 0. The highest BCUT2D eigenvalue weighted by molar-refractivity contribution is 6.62. The molecule has 0 bridgehead atoms. The van der Waals surface area contributed by atoms with Gasteiger partial charge in [0.05, 0.1) is 13.7 Å². The van der Waals surface area contributed by atoms with Crippen LogP contribution in [0.2, 0.25) is 0 Å². The van der Waals surface area contributed by atoms with Crippen molar-refractivity contribution in [1.82, 2.24) is 5.32 Å². The molecule has 0 atom stereocenters. The molecule has 21 heavy (non-hydrogen) atoms. The fourth-order valence-electron chi connectivity index (χ4n) is 1.36. The first kappa shape index (κ1) is 16.1. The van der Waals surface area contributed by atoms with Gasteiger partial charge in [0, 0.05) is 5.56 Å². The first-order chi connectivity index (χ1) is 10.0. The number of methoxy groups -OCH3 is 1. The lowest BCUT2D eigenvalue weighted by Gasteiger charge is -2.03. The molecule has 0 saturated carbocycles. The van der Waals surface area contributed by atoms with E-state index in [4.69, 9.17) is 10.3 Å². The van der Waals surface area contributed by atoms with E-state index in [1.165, 1.54) is 38.3 Å². The standard InChI is InChI=1S/C13H13N3O5/c1-3-21-13(19)10(16-14)12(18)15-11(17)8-4-6-9(20-2)7-5-8/h4-7H,3H2,1-2H3,(H,15,17,18). The van der Waals surface area contributed by atoms with Gasteiger partial charge in [-0.05, 0) is 31.2 Å². The number of rotatable bonds is 5. The number of hydrogen-bond donors (Lipinski definition) is 1. The van der Waals surface area contributed by atoms with E-state index in [2.05, 4.69) is 9.53 Å². The van der Waals surface area contributed by atoms with Crippen LogP contribution in [0.15, 0.2) is 24.3 Å². The molecule has 8 nitrogen and oxygen atoms in total. The Labute approximate surface area is 120 Å². The van der Waals surface area contributed by atoms with Crippen molar-refractivity contribution >= 4 is 23.5 Å². The lowest BCUT2D eigenvalue weighted by Crippen LogP contribution is -2.40. The van der Waals surface area contributed by atoms with Gasteiger partial charge >= 0.3 is 17.6 Å². The molecular weight excluding hydrogens is 278 g/mol. The molecule has 0 aliphatic heterocycles. The van der Waals surface area contributed by atoms with Gasteiger partial charge in [-0.15, -0.1) is 0 Å². The summed E-state index contributed by atoms with van der Waals surface area (Å²) in [5.74, 6) is -2.49. The third kappa shape index (κ3) is 4.26. The predicted octanol–water partition coefficient (Wildman–Crippen LogP) is 0.185. The molecule has 0 aromatic heterocycles. The molecule has 1 aromatic carbocycles. The second-order valence-electron chi connectivity index (χ2n) is 3.68. The maximum Gasteiger partial charge on any atom is 0.463 e. The molecule has 0 fully saturated rings. The molecule has 0 unspecified atom stereocenters. The zero-order chi connectivity index (χ0) is 15.8.